The number of nitrogens with zero attached hydrogens (tertiary/aromatic N) is 1. The molecule has 7 heteroatoms. The third-order valence-corrected chi connectivity index (χ3v) is 7.33. The molecule has 1 heterocycles. The molecular formula is C25H23NO5S. The van der Waals surface area contributed by atoms with E-state index in [1.165, 1.54) is 28.6 Å². The van der Waals surface area contributed by atoms with Crippen LogP contribution in [0.15, 0.2) is 89.8 Å². The average Bonchev–Trinajstić information content (AvgIpc) is 3.39. The van der Waals surface area contributed by atoms with Crippen LogP contribution < -0.4 is 0 Å². The second kappa shape index (κ2) is 9.46. The van der Waals surface area contributed by atoms with Crippen molar-refractivity contribution in [1.82, 2.24) is 4.31 Å². The van der Waals surface area contributed by atoms with Crippen LogP contribution >= 0.6 is 0 Å². The van der Waals surface area contributed by atoms with Crippen molar-refractivity contribution in [3.05, 3.63) is 102 Å². The lowest BCUT2D eigenvalue weighted by molar-refractivity contribution is 0.0280. The van der Waals surface area contributed by atoms with Gasteiger partial charge in [0.15, 0.2) is 6.10 Å². The molecule has 1 saturated heterocycles. The molecule has 0 amide bonds. The number of sulfonamides is 1. The quantitative estimate of drug-likeness (QED) is 0.398. The summed E-state index contributed by atoms with van der Waals surface area (Å²) < 4.78 is 32.4. The lowest BCUT2D eigenvalue weighted by atomic mass is 10.00. The minimum atomic E-state index is -3.57. The van der Waals surface area contributed by atoms with E-state index in [4.69, 9.17) is 4.74 Å². The Hall–Kier alpha value is -3.29. The van der Waals surface area contributed by atoms with E-state index in [0.717, 1.165) is 12.8 Å². The molecule has 0 saturated carbocycles. The van der Waals surface area contributed by atoms with Gasteiger partial charge in [-0.15, -0.1) is 0 Å². The molecule has 1 atom stereocenters. The van der Waals surface area contributed by atoms with Crippen molar-refractivity contribution in [2.75, 3.05) is 13.1 Å². The molecule has 1 aliphatic rings. The van der Waals surface area contributed by atoms with Crippen LogP contribution in [0.1, 0.15) is 45.2 Å². The summed E-state index contributed by atoms with van der Waals surface area (Å²) in [5, 5.41) is 0. The third-order valence-electron chi connectivity index (χ3n) is 5.42. The molecule has 0 N–H and O–H groups in total. The van der Waals surface area contributed by atoms with Crippen LogP contribution in [0.25, 0.3) is 0 Å². The number of esters is 1. The standard InChI is InChI=1S/C25H23NO5S/c27-23(19-9-3-1-4-10-19)24(20-11-5-2-6-12-20)31-25(28)21-13-15-22(16-14-21)32(29,30)26-17-7-8-18-26/h1-6,9-16,24H,7-8,17-18H2. The van der Waals surface area contributed by atoms with Crippen molar-refractivity contribution in [2.45, 2.75) is 23.8 Å². The SMILES string of the molecule is O=C(OC(C(=O)c1ccccc1)c1ccccc1)c1ccc(S(=O)(=O)N2CCCC2)cc1. The van der Waals surface area contributed by atoms with Gasteiger partial charge >= 0.3 is 5.97 Å². The van der Waals surface area contributed by atoms with Gasteiger partial charge in [-0.05, 0) is 37.1 Å². The maximum Gasteiger partial charge on any atom is 0.339 e. The molecule has 1 aliphatic heterocycles. The highest BCUT2D eigenvalue weighted by Crippen LogP contribution is 2.25. The Bertz CT molecular complexity index is 1190. The van der Waals surface area contributed by atoms with Crippen molar-refractivity contribution in [3.8, 4) is 0 Å². The summed E-state index contributed by atoms with van der Waals surface area (Å²) in [6.07, 6.45) is 0.582. The highest BCUT2D eigenvalue weighted by Gasteiger charge is 2.29. The summed E-state index contributed by atoms with van der Waals surface area (Å²) in [4.78, 5) is 26.1. The zero-order chi connectivity index (χ0) is 22.6. The zero-order valence-corrected chi connectivity index (χ0v) is 18.2. The molecule has 1 fully saturated rings. The number of hydrogen-bond donors (Lipinski definition) is 0. The van der Waals surface area contributed by atoms with Crippen LogP contribution in [0.3, 0.4) is 0 Å². The monoisotopic (exact) mass is 449 g/mol. The maximum atomic E-state index is 13.1. The first kappa shape index (κ1) is 21.9. The molecule has 0 aromatic heterocycles. The van der Waals surface area contributed by atoms with Crippen molar-refractivity contribution in [2.24, 2.45) is 0 Å². The summed E-state index contributed by atoms with van der Waals surface area (Å²) in [5.41, 5.74) is 1.16. The van der Waals surface area contributed by atoms with Gasteiger partial charge in [-0.1, -0.05) is 60.7 Å². The number of benzene rings is 3. The van der Waals surface area contributed by atoms with Crippen molar-refractivity contribution < 1.29 is 22.7 Å². The molecule has 0 aliphatic carbocycles. The summed E-state index contributed by atoms with van der Waals surface area (Å²) in [7, 11) is -3.57. The van der Waals surface area contributed by atoms with Gasteiger partial charge in [0.05, 0.1) is 10.5 Å². The lowest BCUT2D eigenvalue weighted by Crippen LogP contribution is -2.27. The number of carbonyl (C=O) groups excluding carboxylic acids is 2. The molecule has 0 bridgehead atoms. The first-order valence-electron chi connectivity index (χ1n) is 10.4. The topological polar surface area (TPSA) is 80.8 Å². The minimum Gasteiger partial charge on any atom is -0.445 e. The number of ketones is 1. The second-order valence-electron chi connectivity index (χ2n) is 7.56. The average molecular weight is 450 g/mol. The van der Waals surface area contributed by atoms with E-state index in [1.807, 2.05) is 6.07 Å². The number of hydrogen-bond acceptors (Lipinski definition) is 5. The van der Waals surface area contributed by atoms with Gasteiger partial charge in [-0.3, -0.25) is 4.79 Å². The normalized spacial score (nSPS) is 15.2. The van der Waals surface area contributed by atoms with E-state index in [9.17, 15) is 18.0 Å². The molecular weight excluding hydrogens is 426 g/mol. The fourth-order valence-corrected chi connectivity index (χ4v) is 5.19. The Morgan fingerprint density at radius 3 is 1.91 bits per heavy atom. The van der Waals surface area contributed by atoms with Crippen molar-refractivity contribution in [3.63, 3.8) is 0 Å². The van der Waals surface area contributed by atoms with Gasteiger partial charge in [0.25, 0.3) is 0 Å². The van der Waals surface area contributed by atoms with E-state index >= 15 is 0 Å². The van der Waals surface area contributed by atoms with E-state index < -0.39 is 22.1 Å². The smallest absolute Gasteiger partial charge is 0.339 e. The van der Waals surface area contributed by atoms with Crippen molar-refractivity contribution >= 4 is 21.8 Å². The van der Waals surface area contributed by atoms with E-state index in [-0.39, 0.29) is 16.2 Å². The Labute approximate surface area is 187 Å². The van der Waals surface area contributed by atoms with Gasteiger partial charge in [-0.25, -0.2) is 13.2 Å². The first-order valence-corrected chi connectivity index (χ1v) is 11.9. The number of Topliss-reactive ketones (excluding diaryl/α,β-unsaturated/α-hetero) is 1. The van der Waals surface area contributed by atoms with Gasteiger partial charge in [-0.2, -0.15) is 4.31 Å². The summed E-state index contributed by atoms with van der Waals surface area (Å²) in [6.45, 7) is 1.01. The largest absolute Gasteiger partial charge is 0.445 e. The second-order valence-corrected chi connectivity index (χ2v) is 9.50. The molecule has 164 valence electrons. The fraction of sp³-hybridized carbons (Fsp3) is 0.200. The summed E-state index contributed by atoms with van der Waals surface area (Å²) in [6, 6.07) is 23.1. The minimum absolute atomic E-state index is 0.135. The molecule has 6 nitrogen and oxygen atoms in total. The van der Waals surface area contributed by atoms with Crippen LogP contribution in [0.4, 0.5) is 0 Å². The van der Waals surface area contributed by atoms with Crippen molar-refractivity contribution in [1.29, 1.82) is 0 Å². The molecule has 1 unspecified atom stereocenters. The first-order chi connectivity index (χ1) is 15.5. The molecule has 3 aromatic carbocycles. The summed E-state index contributed by atoms with van der Waals surface area (Å²) >= 11 is 0. The van der Waals surface area contributed by atoms with E-state index in [2.05, 4.69) is 0 Å². The molecule has 0 radical (unpaired) electrons. The maximum absolute atomic E-state index is 13.1. The lowest BCUT2D eigenvalue weighted by Gasteiger charge is -2.18. The molecule has 0 spiro atoms. The van der Waals surface area contributed by atoms with Gasteiger partial charge in [0.1, 0.15) is 0 Å². The number of carbonyl (C=O) groups is 2. The third kappa shape index (κ3) is 4.64. The molecule has 4 rings (SSSR count). The number of rotatable bonds is 7. The summed E-state index contributed by atoms with van der Waals surface area (Å²) in [5.74, 6) is -1.04. The van der Waals surface area contributed by atoms with Crippen LogP contribution in [-0.2, 0) is 14.8 Å². The van der Waals surface area contributed by atoms with E-state index in [0.29, 0.717) is 24.2 Å². The highest BCUT2D eigenvalue weighted by molar-refractivity contribution is 7.89. The Balaban J connectivity index is 1.56. The van der Waals surface area contributed by atoms with Crippen LogP contribution in [-0.4, -0.2) is 37.6 Å². The van der Waals surface area contributed by atoms with Crippen LogP contribution in [0.2, 0.25) is 0 Å². The Morgan fingerprint density at radius 2 is 1.31 bits per heavy atom. The van der Waals surface area contributed by atoms with Gasteiger partial charge in [0, 0.05) is 24.2 Å². The van der Waals surface area contributed by atoms with E-state index in [1.54, 1.807) is 54.6 Å². The van der Waals surface area contributed by atoms with Gasteiger partial charge < -0.3 is 4.74 Å². The highest BCUT2D eigenvalue weighted by atomic mass is 32.2. The van der Waals surface area contributed by atoms with Gasteiger partial charge in [0.2, 0.25) is 15.8 Å². The molecule has 32 heavy (non-hydrogen) atoms. The Kier molecular flexibility index (Phi) is 6.48. The predicted octanol–water partition coefficient (Wildman–Crippen LogP) is 4.25. The zero-order valence-electron chi connectivity index (χ0n) is 17.4. The molecule has 3 aromatic rings. The Morgan fingerprint density at radius 1 is 0.750 bits per heavy atom. The van der Waals surface area contributed by atoms with Crippen LogP contribution in [0, 0.1) is 0 Å². The van der Waals surface area contributed by atoms with Crippen LogP contribution in [0.5, 0.6) is 0 Å². The number of ether oxygens (including phenoxy) is 1. The predicted molar refractivity (Wildman–Crippen MR) is 120 cm³/mol. The fourth-order valence-electron chi connectivity index (χ4n) is 3.67.